The Hall–Kier alpha value is -0.830. The van der Waals surface area contributed by atoms with E-state index in [1.165, 1.54) is 7.11 Å². The van der Waals surface area contributed by atoms with Crippen LogP contribution in [0.15, 0.2) is 12.2 Å². The van der Waals surface area contributed by atoms with Crippen molar-refractivity contribution in [2.45, 2.75) is 12.5 Å². The molecule has 3 heteroatoms. The van der Waals surface area contributed by atoms with Crippen LogP contribution in [0.5, 0.6) is 0 Å². The lowest BCUT2D eigenvalue weighted by Crippen LogP contribution is -2.39. The maximum Gasteiger partial charge on any atom is 0.310 e. The van der Waals surface area contributed by atoms with Crippen LogP contribution in [0.1, 0.15) is 6.42 Å². The normalized spacial score (nSPS) is 43.5. The van der Waals surface area contributed by atoms with E-state index in [2.05, 4.69) is 12.2 Å². The summed E-state index contributed by atoms with van der Waals surface area (Å²) >= 11 is 0. The number of rotatable bonds is 1. The van der Waals surface area contributed by atoms with E-state index in [0.29, 0.717) is 11.8 Å². The predicted octanol–water partition coefficient (Wildman–Crippen LogP) is 0.309. The van der Waals surface area contributed by atoms with E-state index >= 15 is 0 Å². The van der Waals surface area contributed by atoms with E-state index < -0.39 is 0 Å². The maximum absolute atomic E-state index is 11.3. The summed E-state index contributed by atoms with van der Waals surface area (Å²) in [5, 5.41) is 0. The fourth-order valence-corrected chi connectivity index (χ4v) is 2.33. The number of nitrogens with two attached hydrogens (primary N) is 1. The summed E-state index contributed by atoms with van der Waals surface area (Å²) in [5.74, 6) is 0.487. The molecule has 0 radical (unpaired) electrons. The van der Waals surface area contributed by atoms with E-state index in [4.69, 9.17) is 10.5 Å². The van der Waals surface area contributed by atoms with Gasteiger partial charge in [-0.2, -0.15) is 0 Å². The molecule has 0 spiro atoms. The third-order valence-corrected chi connectivity index (χ3v) is 2.99. The van der Waals surface area contributed by atoms with Gasteiger partial charge < -0.3 is 10.5 Å². The third kappa shape index (κ3) is 0.894. The van der Waals surface area contributed by atoms with Crippen LogP contribution in [0.25, 0.3) is 0 Å². The topological polar surface area (TPSA) is 52.3 Å². The van der Waals surface area contributed by atoms with Gasteiger partial charge in [0.1, 0.15) is 0 Å². The van der Waals surface area contributed by atoms with Crippen LogP contribution in [-0.2, 0) is 9.53 Å². The molecule has 3 nitrogen and oxygen atoms in total. The predicted molar refractivity (Wildman–Crippen MR) is 44.2 cm³/mol. The van der Waals surface area contributed by atoms with Gasteiger partial charge in [-0.05, 0) is 18.3 Å². The van der Waals surface area contributed by atoms with Gasteiger partial charge in [0.25, 0.3) is 0 Å². The summed E-state index contributed by atoms with van der Waals surface area (Å²) < 4.78 is 4.70. The summed E-state index contributed by atoms with van der Waals surface area (Å²) in [6, 6.07) is -0.0209. The van der Waals surface area contributed by atoms with Crippen LogP contribution in [0.4, 0.5) is 0 Å². The highest BCUT2D eigenvalue weighted by Crippen LogP contribution is 2.42. The Labute approximate surface area is 71.6 Å². The Balaban J connectivity index is 2.18. The number of fused-ring (bicyclic) bond motifs is 2. The monoisotopic (exact) mass is 167 g/mol. The minimum Gasteiger partial charge on any atom is -0.469 e. The highest BCUT2D eigenvalue weighted by Gasteiger charge is 2.46. The molecule has 2 bridgehead atoms. The van der Waals surface area contributed by atoms with Crippen molar-refractivity contribution in [3.8, 4) is 0 Å². The van der Waals surface area contributed by atoms with Gasteiger partial charge in [-0.15, -0.1) is 0 Å². The summed E-state index contributed by atoms with van der Waals surface area (Å²) in [4.78, 5) is 11.3. The molecule has 0 aromatic rings. The van der Waals surface area contributed by atoms with Crippen molar-refractivity contribution in [3.05, 3.63) is 12.2 Å². The SMILES string of the molecule is COC(=O)[C@H]1C2C=CC(C2)[C@@H]1N. The van der Waals surface area contributed by atoms with Gasteiger partial charge in [-0.25, -0.2) is 0 Å². The van der Waals surface area contributed by atoms with Gasteiger partial charge in [0.2, 0.25) is 0 Å². The molecule has 0 aromatic heterocycles. The number of hydrogen-bond acceptors (Lipinski definition) is 3. The molecule has 0 aromatic carbocycles. The first-order valence-corrected chi connectivity index (χ1v) is 4.26. The molecule has 0 saturated heterocycles. The second-order valence-corrected chi connectivity index (χ2v) is 3.57. The third-order valence-electron chi connectivity index (χ3n) is 2.99. The van der Waals surface area contributed by atoms with Crippen molar-refractivity contribution in [1.82, 2.24) is 0 Å². The highest BCUT2D eigenvalue weighted by molar-refractivity contribution is 5.75. The Morgan fingerprint density at radius 1 is 1.50 bits per heavy atom. The number of carbonyl (C=O) groups excluding carboxylic acids is 1. The zero-order valence-electron chi connectivity index (χ0n) is 7.07. The molecule has 0 amide bonds. The molecule has 0 heterocycles. The minimum absolute atomic E-state index is 0.0209. The number of hydrogen-bond donors (Lipinski definition) is 1. The lowest BCUT2D eigenvalue weighted by atomic mass is 9.90. The van der Waals surface area contributed by atoms with Crippen molar-refractivity contribution >= 4 is 5.97 Å². The number of esters is 1. The molecule has 2 rings (SSSR count). The highest BCUT2D eigenvalue weighted by atomic mass is 16.5. The van der Waals surface area contributed by atoms with E-state index in [9.17, 15) is 4.79 Å². The molecule has 2 unspecified atom stereocenters. The second kappa shape index (κ2) is 2.59. The molecule has 2 N–H and O–H groups in total. The van der Waals surface area contributed by atoms with Gasteiger partial charge in [0.15, 0.2) is 0 Å². The van der Waals surface area contributed by atoms with E-state index in [-0.39, 0.29) is 17.9 Å². The Kier molecular flexibility index (Phi) is 1.68. The summed E-state index contributed by atoms with van der Waals surface area (Å²) in [5.41, 5.74) is 5.89. The summed E-state index contributed by atoms with van der Waals surface area (Å²) in [6.07, 6.45) is 5.24. The first kappa shape index (κ1) is 7.80. The second-order valence-electron chi connectivity index (χ2n) is 3.57. The van der Waals surface area contributed by atoms with E-state index in [1.807, 2.05) is 0 Å². The molecule has 66 valence electrons. The zero-order chi connectivity index (χ0) is 8.72. The molecule has 1 fully saturated rings. The number of ether oxygens (including phenoxy) is 1. The molecule has 1 saturated carbocycles. The van der Waals surface area contributed by atoms with Crippen molar-refractivity contribution in [3.63, 3.8) is 0 Å². The van der Waals surface area contributed by atoms with Gasteiger partial charge in [-0.1, -0.05) is 12.2 Å². The van der Waals surface area contributed by atoms with Crippen LogP contribution in [0.2, 0.25) is 0 Å². The average molecular weight is 167 g/mol. The van der Waals surface area contributed by atoms with Crippen LogP contribution in [0.3, 0.4) is 0 Å². The van der Waals surface area contributed by atoms with Gasteiger partial charge in [0.05, 0.1) is 13.0 Å². The molecular formula is C9H13NO2. The van der Waals surface area contributed by atoms with E-state index in [1.54, 1.807) is 0 Å². The molecular weight excluding hydrogens is 154 g/mol. The molecule has 12 heavy (non-hydrogen) atoms. The van der Waals surface area contributed by atoms with Gasteiger partial charge >= 0.3 is 5.97 Å². The first-order valence-electron chi connectivity index (χ1n) is 4.26. The number of carbonyl (C=O) groups is 1. The van der Waals surface area contributed by atoms with E-state index in [0.717, 1.165) is 6.42 Å². The van der Waals surface area contributed by atoms with Gasteiger partial charge in [-0.3, -0.25) is 4.79 Å². The van der Waals surface area contributed by atoms with Gasteiger partial charge in [0, 0.05) is 6.04 Å². The van der Waals surface area contributed by atoms with Crippen molar-refractivity contribution in [2.24, 2.45) is 23.5 Å². The number of allylic oxidation sites excluding steroid dienone is 1. The van der Waals surface area contributed by atoms with Crippen molar-refractivity contribution in [2.75, 3.05) is 7.11 Å². The zero-order valence-corrected chi connectivity index (χ0v) is 7.07. The Bertz CT molecular complexity index is 237. The minimum atomic E-state index is -0.153. The lowest BCUT2D eigenvalue weighted by molar-refractivity contribution is -0.146. The summed E-state index contributed by atoms with van der Waals surface area (Å²) in [7, 11) is 1.42. The lowest BCUT2D eigenvalue weighted by Gasteiger charge is -2.21. The average Bonchev–Trinajstić information content (AvgIpc) is 2.63. The van der Waals surface area contributed by atoms with Crippen molar-refractivity contribution in [1.29, 1.82) is 0 Å². The fourth-order valence-electron chi connectivity index (χ4n) is 2.33. The summed E-state index contributed by atoms with van der Waals surface area (Å²) in [6.45, 7) is 0. The molecule has 0 aliphatic heterocycles. The molecule has 4 atom stereocenters. The molecule has 2 aliphatic carbocycles. The molecule has 2 aliphatic rings. The number of methoxy groups -OCH3 is 1. The largest absolute Gasteiger partial charge is 0.469 e. The van der Waals surface area contributed by atoms with Crippen molar-refractivity contribution < 1.29 is 9.53 Å². The maximum atomic E-state index is 11.3. The Morgan fingerprint density at radius 2 is 2.17 bits per heavy atom. The van der Waals surface area contributed by atoms with Crippen LogP contribution in [-0.4, -0.2) is 19.1 Å². The Morgan fingerprint density at radius 3 is 2.67 bits per heavy atom. The quantitative estimate of drug-likeness (QED) is 0.451. The standard InChI is InChI=1S/C9H13NO2/c1-12-9(11)7-5-2-3-6(4-5)8(7)10/h2-3,5-8H,4,10H2,1H3/t5?,6?,7-,8-/m0/s1. The smallest absolute Gasteiger partial charge is 0.310 e. The first-order chi connectivity index (χ1) is 5.74. The van der Waals surface area contributed by atoms with Crippen LogP contribution in [0, 0.1) is 17.8 Å². The fraction of sp³-hybridized carbons (Fsp3) is 0.667. The van der Waals surface area contributed by atoms with Crippen LogP contribution >= 0.6 is 0 Å². The van der Waals surface area contributed by atoms with Crippen LogP contribution < -0.4 is 5.73 Å².